The van der Waals surface area contributed by atoms with Gasteiger partial charge >= 0.3 is 6.03 Å². The van der Waals surface area contributed by atoms with Gasteiger partial charge in [0.1, 0.15) is 4.90 Å². The molecule has 1 aromatic heterocycles. The van der Waals surface area contributed by atoms with Gasteiger partial charge in [0.05, 0.1) is 5.69 Å². The Bertz CT molecular complexity index is 794. The number of anilines is 2. The Balaban J connectivity index is 2.33. The standard InChI is InChI=1S/C16H20N4O3S/c1-3-10-18-16(21)19-24(22,23)15-12-17-11-9-14(15)20(2)13-7-5-4-6-8-13/h4-9,11-12H,3,10H2,1-2H3,(H2,18,19,21). The molecular weight excluding hydrogens is 328 g/mol. The van der Waals surface area contributed by atoms with E-state index < -0.39 is 16.1 Å². The minimum Gasteiger partial charge on any atom is -0.343 e. The van der Waals surface area contributed by atoms with Crippen LogP contribution in [0, 0.1) is 0 Å². The Morgan fingerprint density at radius 3 is 2.58 bits per heavy atom. The zero-order valence-corrected chi connectivity index (χ0v) is 14.4. The van der Waals surface area contributed by atoms with E-state index in [0.717, 1.165) is 5.69 Å². The van der Waals surface area contributed by atoms with E-state index in [-0.39, 0.29) is 4.90 Å². The van der Waals surface area contributed by atoms with Crippen LogP contribution in [0.25, 0.3) is 0 Å². The lowest BCUT2D eigenvalue weighted by Gasteiger charge is -2.22. The smallest absolute Gasteiger partial charge is 0.328 e. The molecule has 7 nitrogen and oxygen atoms in total. The molecule has 0 bridgehead atoms. The lowest BCUT2D eigenvalue weighted by atomic mass is 10.2. The van der Waals surface area contributed by atoms with Gasteiger partial charge in [-0.3, -0.25) is 4.98 Å². The van der Waals surface area contributed by atoms with Crippen molar-refractivity contribution in [3.05, 3.63) is 48.8 Å². The molecule has 2 aromatic rings. The summed E-state index contributed by atoms with van der Waals surface area (Å²) in [7, 11) is -2.29. The first-order valence-corrected chi connectivity index (χ1v) is 8.97. The summed E-state index contributed by atoms with van der Waals surface area (Å²) in [6.45, 7) is 2.27. The molecule has 0 saturated heterocycles. The largest absolute Gasteiger partial charge is 0.343 e. The Labute approximate surface area is 141 Å². The number of benzene rings is 1. The number of urea groups is 1. The third-order valence-corrected chi connectivity index (χ3v) is 4.67. The summed E-state index contributed by atoms with van der Waals surface area (Å²) in [4.78, 5) is 17.2. The summed E-state index contributed by atoms with van der Waals surface area (Å²) in [6, 6.07) is 10.1. The van der Waals surface area contributed by atoms with Gasteiger partial charge in [-0.2, -0.15) is 0 Å². The van der Waals surface area contributed by atoms with E-state index in [1.54, 1.807) is 18.0 Å². The van der Waals surface area contributed by atoms with E-state index in [0.29, 0.717) is 18.7 Å². The highest BCUT2D eigenvalue weighted by Crippen LogP contribution is 2.28. The van der Waals surface area contributed by atoms with Crippen LogP contribution in [-0.4, -0.2) is 33.0 Å². The molecule has 0 spiro atoms. The van der Waals surface area contributed by atoms with Crippen molar-refractivity contribution in [1.29, 1.82) is 0 Å². The second-order valence-corrected chi connectivity index (χ2v) is 6.75. The van der Waals surface area contributed by atoms with Gasteiger partial charge in [0.15, 0.2) is 0 Å². The zero-order chi connectivity index (χ0) is 17.6. The quantitative estimate of drug-likeness (QED) is 0.835. The van der Waals surface area contributed by atoms with Crippen molar-refractivity contribution >= 4 is 27.4 Å². The minimum atomic E-state index is -4.04. The minimum absolute atomic E-state index is 0.0667. The van der Waals surface area contributed by atoms with Crippen molar-refractivity contribution in [3.63, 3.8) is 0 Å². The number of nitrogens with zero attached hydrogens (tertiary/aromatic N) is 2. The first-order valence-electron chi connectivity index (χ1n) is 7.49. The second-order valence-electron chi connectivity index (χ2n) is 5.10. The first kappa shape index (κ1) is 17.7. The van der Waals surface area contributed by atoms with Gasteiger partial charge < -0.3 is 10.2 Å². The highest BCUT2D eigenvalue weighted by molar-refractivity contribution is 7.90. The molecule has 0 aliphatic carbocycles. The molecule has 0 fully saturated rings. The third-order valence-electron chi connectivity index (χ3n) is 3.32. The molecule has 2 amide bonds. The molecule has 0 unspecified atom stereocenters. The van der Waals surface area contributed by atoms with Crippen molar-refractivity contribution in [1.82, 2.24) is 15.0 Å². The van der Waals surface area contributed by atoms with Gasteiger partial charge in [0, 0.05) is 31.7 Å². The van der Waals surface area contributed by atoms with E-state index >= 15 is 0 Å². The van der Waals surface area contributed by atoms with Crippen molar-refractivity contribution in [2.75, 3.05) is 18.5 Å². The van der Waals surface area contributed by atoms with Gasteiger partial charge in [-0.25, -0.2) is 17.9 Å². The van der Waals surface area contributed by atoms with Crippen LogP contribution in [-0.2, 0) is 10.0 Å². The molecule has 2 N–H and O–H groups in total. The van der Waals surface area contributed by atoms with E-state index in [1.807, 2.05) is 42.0 Å². The normalized spacial score (nSPS) is 10.9. The molecule has 128 valence electrons. The molecule has 0 aliphatic heterocycles. The number of rotatable bonds is 6. The van der Waals surface area contributed by atoms with Crippen molar-refractivity contribution < 1.29 is 13.2 Å². The SMILES string of the molecule is CCCNC(=O)NS(=O)(=O)c1cnccc1N(C)c1ccccc1. The number of aromatic nitrogens is 1. The average Bonchev–Trinajstić information content (AvgIpc) is 2.59. The fraction of sp³-hybridized carbons (Fsp3) is 0.250. The highest BCUT2D eigenvalue weighted by Gasteiger charge is 2.23. The van der Waals surface area contributed by atoms with E-state index in [2.05, 4.69) is 10.3 Å². The van der Waals surface area contributed by atoms with Crippen molar-refractivity contribution in [2.45, 2.75) is 18.2 Å². The van der Waals surface area contributed by atoms with E-state index in [4.69, 9.17) is 0 Å². The molecule has 0 atom stereocenters. The van der Waals surface area contributed by atoms with Crippen LogP contribution in [0.15, 0.2) is 53.7 Å². The van der Waals surface area contributed by atoms with Gasteiger partial charge in [-0.15, -0.1) is 0 Å². The Kier molecular flexibility index (Phi) is 5.75. The predicted molar refractivity (Wildman–Crippen MR) is 92.8 cm³/mol. The van der Waals surface area contributed by atoms with Crippen LogP contribution in [0.5, 0.6) is 0 Å². The second kappa shape index (κ2) is 7.78. The number of hydrogen-bond donors (Lipinski definition) is 2. The van der Waals surface area contributed by atoms with Crippen LogP contribution < -0.4 is 14.9 Å². The first-order chi connectivity index (χ1) is 11.5. The molecule has 0 saturated carbocycles. The number of hydrogen-bond acceptors (Lipinski definition) is 5. The molecule has 8 heteroatoms. The van der Waals surface area contributed by atoms with Gasteiger partial charge in [0.25, 0.3) is 10.0 Å². The lowest BCUT2D eigenvalue weighted by molar-refractivity contribution is 0.246. The molecule has 0 radical (unpaired) electrons. The number of amides is 2. The summed E-state index contributed by atoms with van der Waals surface area (Å²) in [5.74, 6) is 0. The predicted octanol–water partition coefficient (Wildman–Crippen LogP) is 2.25. The van der Waals surface area contributed by atoms with Crippen LogP contribution in [0.1, 0.15) is 13.3 Å². The lowest BCUT2D eigenvalue weighted by Crippen LogP contribution is -2.40. The van der Waals surface area contributed by atoms with Crippen LogP contribution in [0.3, 0.4) is 0 Å². The van der Waals surface area contributed by atoms with E-state index in [1.165, 1.54) is 12.4 Å². The summed E-state index contributed by atoms with van der Waals surface area (Å²) in [6.07, 6.45) is 3.44. The van der Waals surface area contributed by atoms with Gasteiger partial charge in [-0.1, -0.05) is 25.1 Å². The molecule has 1 heterocycles. The zero-order valence-electron chi connectivity index (χ0n) is 13.6. The summed E-state index contributed by atoms with van der Waals surface area (Å²) < 4.78 is 27.1. The number of carbonyl (C=O) groups excluding carboxylic acids is 1. The molecule has 0 aliphatic rings. The number of carbonyl (C=O) groups is 1. The Morgan fingerprint density at radius 2 is 1.92 bits per heavy atom. The van der Waals surface area contributed by atoms with E-state index in [9.17, 15) is 13.2 Å². The van der Waals surface area contributed by atoms with Crippen LogP contribution in [0.2, 0.25) is 0 Å². The number of nitrogens with one attached hydrogen (secondary N) is 2. The average molecular weight is 348 g/mol. The molecular formula is C16H20N4O3S. The Hall–Kier alpha value is -2.61. The monoisotopic (exact) mass is 348 g/mol. The molecule has 24 heavy (non-hydrogen) atoms. The number of para-hydroxylation sites is 1. The fourth-order valence-electron chi connectivity index (χ4n) is 2.10. The van der Waals surface area contributed by atoms with Gasteiger partial charge in [-0.05, 0) is 24.6 Å². The third kappa shape index (κ3) is 4.23. The topological polar surface area (TPSA) is 91.4 Å². The maximum absolute atomic E-state index is 12.5. The summed E-state index contributed by atoms with van der Waals surface area (Å²) in [5.41, 5.74) is 1.24. The summed E-state index contributed by atoms with van der Waals surface area (Å²) in [5, 5.41) is 2.48. The fourth-order valence-corrected chi connectivity index (χ4v) is 3.21. The van der Waals surface area contributed by atoms with Crippen molar-refractivity contribution in [3.8, 4) is 0 Å². The van der Waals surface area contributed by atoms with Gasteiger partial charge in [0.2, 0.25) is 0 Å². The van der Waals surface area contributed by atoms with Crippen molar-refractivity contribution in [2.24, 2.45) is 0 Å². The Morgan fingerprint density at radius 1 is 1.21 bits per heavy atom. The summed E-state index contributed by atoms with van der Waals surface area (Å²) >= 11 is 0. The highest BCUT2D eigenvalue weighted by atomic mass is 32.2. The number of sulfonamides is 1. The molecule has 2 rings (SSSR count). The molecule has 1 aromatic carbocycles. The maximum atomic E-state index is 12.5. The number of pyridine rings is 1. The van der Waals surface area contributed by atoms with Crippen LogP contribution >= 0.6 is 0 Å². The maximum Gasteiger partial charge on any atom is 0.328 e. The van der Waals surface area contributed by atoms with Crippen LogP contribution in [0.4, 0.5) is 16.2 Å².